The van der Waals surface area contributed by atoms with Crippen molar-refractivity contribution in [1.82, 2.24) is 5.32 Å². The monoisotopic (exact) mass is 203 g/mol. The second kappa shape index (κ2) is 6.68. The maximum absolute atomic E-state index is 9.45. The van der Waals surface area contributed by atoms with Crippen LogP contribution in [-0.4, -0.2) is 36.3 Å². The minimum atomic E-state index is -0.0268. The Morgan fingerprint density at radius 3 is 3.00 bits per heavy atom. The van der Waals surface area contributed by atoms with Gasteiger partial charge in [-0.2, -0.15) is 11.8 Å². The Labute approximate surface area is 85.5 Å². The van der Waals surface area contributed by atoms with Gasteiger partial charge in [-0.25, -0.2) is 0 Å². The highest BCUT2D eigenvalue weighted by atomic mass is 32.2. The summed E-state index contributed by atoms with van der Waals surface area (Å²) in [7, 11) is 0. The second-order valence-electron chi connectivity index (χ2n) is 3.88. The molecule has 0 bridgehead atoms. The van der Waals surface area contributed by atoms with Gasteiger partial charge in [0.15, 0.2) is 0 Å². The predicted octanol–water partition coefficient (Wildman–Crippen LogP) is 1.49. The summed E-state index contributed by atoms with van der Waals surface area (Å²) < 4.78 is 0. The van der Waals surface area contributed by atoms with Gasteiger partial charge in [-0.3, -0.25) is 0 Å². The average molecular weight is 203 g/mol. The first-order chi connectivity index (χ1) is 6.33. The van der Waals surface area contributed by atoms with Crippen LogP contribution in [0.2, 0.25) is 0 Å². The Morgan fingerprint density at radius 2 is 2.31 bits per heavy atom. The van der Waals surface area contributed by atoms with Crippen LogP contribution in [0.15, 0.2) is 0 Å². The molecule has 1 saturated carbocycles. The minimum Gasteiger partial charge on any atom is -0.393 e. The van der Waals surface area contributed by atoms with E-state index in [1.807, 2.05) is 11.8 Å². The van der Waals surface area contributed by atoms with Crippen molar-refractivity contribution in [1.29, 1.82) is 0 Å². The molecular weight excluding hydrogens is 182 g/mol. The van der Waals surface area contributed by atoms with Gasteiger partial charge >= 0.3 is 0 Å². The Kier molecular flexibility index (Phi) is 5.83. The highest BCUT2D eigenvalue weighted by Crippen LogP contribution is 2.23. The molecule has 0 radical (unpaired) electrons. The van der Waals surface area contributed by atoms with Crippen LogP contribution in [0.25, 0.3) is 0 Å². The van der Waals surface area contributed by atoms with E-state index in [-0.39, 0.29) is 6.10 Å². The first-order valence-electron chi connectivity index (χ1n) is 5.20. The molecule has 1 aliphatic rings. The summed E-state index contributed by atoms with van der Waals surface area (Å²) in [5, 5.41) is 12.9. The van der Waals surface area contributed by atoms with E-state index in [1.165, 1.54) is 18.6 Å². The molecule has 13 heavy (non-hydrogen) atoms. The van der Waals surface area contributed by atoms with Gasteiger partial charge in [0.1, 0.15) is 0 Å². The molecule has 2 unspecified atom stereocenters. The molecule has 1 aliphatic carbocycles. The number of aliphatic hydroxyl groups excluding tert-OH is 1. The van der Waals surface area contributed by atoms with Gasteiger partial charge in [0.25, 0.3) is 0 Å². The first kappa shape index (κ1) is 11.3. The summed E-state index contributed by atoms with van der Waals surface area (Å²) in [6, 6.07) is 0. The van der Waals surface area contributed by atoms with Crippen LogP contribution in [0, 0.1) is 5.92 Å². The normalized spacial score (nSPS) is 29.1. The third-order valence-electron chi connectivity index (χ3n) is 2.67. The van der Waals surface area contributed by atoms with E-state index in [4.69, 9.17) is 0 Å². The van der Waals surface area contributed by atoms with Crippen LogP contribution in [0.1, 0.15) is 25.7 Å². The lowest BCUT2D eigenvalue weighted by molar-refractivity contribution is 0.101. The quantitative estimate of drug-likeness (QED) is 0.664. The Balaban J connectivity index is 2.00. The van der Waals surface area contributed by atoms with Crippen molar-refractivity contribution in [3.05, 3.63) is 0 Å². The van der Waals surface area contributed by atoms with E-state index in [0.717, 1.165) is 25.9 Å². The van der Waals surface area contributed by atoms with E-state index >= 15 is 0 Å². The maximum Gasteiger partial charge on any atom is 0.0543 e. The molecule has 1 rings (SSSR count). The molecule has 0 spiro atoms. The zero-order chi connectivity index (χ0) is 9.52. The maximum atomic E-state index is 9.45. The summed E-state index contributed by atoms with van der Waals surface area (Å²) in [4.78, 5) is 0. The second-order valence-corrected chi connectivity index (χ2v) is 4.87. The summed E-state index contributed by atoms with van der Waals surface area (Å²) in [5.74, 6) is 1.90. The van der Waals surface area contributed by atoms with Crippen LogP contribution in [-0.2, 0) is 0 Å². The molecular formula is C10H21NOS. The molecule has 0 aromatic heterocycles. The third-order valence-corrected chi connectivity index (χ3v) is 3.28. The van der Waals surface area contributed by atoms with Crippen molar-refractivity contribution in [2.45, 2.75) is 31.8 Å². The van der Waals surface area contributed by atoms with Gasteiger partial charge in [-0.1, -0.05) is 6.42 Å². The number of hydrogen-bond donors (Lipinski definition) is 2. The molecule has 1 fully saturated rings. The lowest BCUT2D eigenvalue weighted by Gasteiger charge is -2.25. The summed E-state index contributed by atoms with van der Waals surface area (Å²) in [6.07, 6.45) is 6.63. The number of hydrogen-bond acceptors (Lipinski definition) is 3. The highest BCUT2D eigenvalue weighted by molar-refractivity contribution is 7.98. The van der Waals surface area contributed by atoms with E-state index in [2.05, 4.69) is 11.6 Å². The molecule has 0 saturated heterocycles. The van der Waals surface area contributed by atoms with Crippen LogP contribution >= 0.6 is 11.8 Å². The van der Waals surface area contributed by atoms with Gasteiger partial charge in [0.05, 0.1) is 6.10 Å². The molecule has 0 amide bonds. The van der Waals surface area contributed by atoms with Crippen molar-refractivity contribution in [3.8, 4) is 0 Å². The number of nitrogens with one attached hydrogen (secondary N) is 1. The van der Waals surface area contributed by atoms with Crippen molar-refractivity contribution in [3.63, 3.8) is 0 Å². The fourth-order valence-corrected chi connectivity index (χ4v) is 2.28. The van der Waals surface area contributed by atoms with Gasteiger partial charge in [0.2, 0.25) is 0 Å². The lowest BCUT2D eigenvalue weighted by Crippen LogP contribution is -2.30. The van der Waals surface area contributed by atoms with Gasteiger partial charge in [-0.15, -0.1) is 0 Å². The van der Waals surface area contributed by atoms with Crippen molar-refractivity contribution in [2.75, 3.05) is 25.1 Å². The lowest BCUT2D eigenvalue weighted by atomic mass is 9.87. The minimum absolute atomic E-state index is 0.0268. The fraction of sp³-hybridized carbons (Fsp3) is 1.00. The van der Waals surface area contributed by atoms with E-state index in [1.54, 1.807) is 0 Å². The van der Waals surface area contributed by atoms with Crippen LogP contribution < -0.4 is 5.32 Å². The smallest absolute Gasteiger partial charge is 0.0543 e. The van der Waals surface area contributed by atoms with Gasteiger partial charge in [0, 0.05) is 12.3 Å². The van der Waals surface area contributed by atoms with Crippen molar-refractivity contribution in [2.24, 2.45) is 5.92 Å². The van der Waals surface area contributed by atoms with E-state index < -0.39 is 0 Å². The molecule has 0 aromatic rings. The summed E-state index contributed by atoms with van der Waals surface area (Å²) >= 11 is 1.88. The molecule has 2 nitrogen and oxygen atoms in total. The predicted molar refractivity (Wildman–Crippen MR) is 59.2 cm³/mol. The molecule has 0 aromatic carbocycles. The molecule has 2 atom stereocenters. The zero-order valence-electron chi connectivity index (χ0n) is 8.46. The Morgan fingerprint density at radius 1 is 1.46 bits per heavy atom. The van der Waals surface area contributed by atoms with Gasteiger partial charge < -0.3 is 10.4 Å². The van der Waals surface area contributed by atoms with Gasteiger partial charge in [-0.05, 0) is 38.0 Å². The highest BCUT2D eigenvalue weighted by Gasteiger charge is 2.19. The van der Waals surface area contributed by atoms with Crippen LogP contribution in [0.3, 0.4) is 0 Å². The number of aliphatic hydroxyl groups is 1. The third kappa shape index (κ3) is 4.89. The van der Waals surface area contributed by atoms with Crippen molar-refractivity contribution >= 4 is 11.8 Å². The largest absolute Gasteiger partial charge is 0.393 e. The summed E-state index contributed by atoms with van der Waals surface area (Å²) in [5.41, 5.74) is 0. The summed E-state index contributed by atoms with van der Waals surface area (Å²) in [6.45, 7) is 2.20. The molecule has 2 N–H and O–H groups in total. The van der Waals surface area contributed by atoms with E-state index in [9.17, 15) is 5.11 Å². The standard InChI is InChI=1S/C10H21NOS/c1-13-6-5-11-8-9-3-2-4-10(12)7-9/h9-12H,2-8H2,1H3. The molecule has 0 aliphatic heterocycles. The fourth-order valence-electron chi connectivity index (χ4n) is 1.93. The average Bonchev–Trinajstić information content (AvgIpc) is 2.13. The first-order valence-corrected chi connectivity index (χ1v) is 6.60. The number of rotatable bonds is 5. The van der Waals surface area contributed by atoms with E-state index in [0.29, 0.717) is 5.92 Å². The van der Waals surface area contributed by atoms with Crippen LogP contribution in [0.4, 0.5) is 0 Å². The topological polar surface area (TPSA) is 32.3 Å². The van der Waals surface area contributed by atoms with Crippen molar-refractivity contribution < 1.29 is 5.11 Å². The SMILES string of the molecule is CSCCNCC1CCCC(O)C1. The Bertz CT molecular complexity index is 132. The van der Waals surface area contributed by atoms with Crippen LogP contribution in [0.5, 0.6) is 0 Å². The molecule has 3 heteroatoms. The molecule has 0 heterocycles. The number of thioether (sulfide) groups is 1. The Hall–Kier alpha value is 0.270. The molecule has 78 valence electrons. The zero-order valence-corrected chi connectivity index (χ0v) is 9.28.